The second-order valence-corrected chi connectivity index (χ2v) is 9.34. The van der Waals surface area contributed by atoms with Crippen LogP contribution in [0, 0.1) is 17.3 Å². The first kappa shape index (κ1) is 18.2. The molecule has 0 radical (unpaired) electrons. The van der Waals surface area contributed by atoms with E-state index in [1.165, 1.54) is 16.7 Å². The first-order valence-electron chi connectivity index (χ1n) is 10.7. The molecule has 2 fully saturated rings. The Balaban J connectivity index is 1.35. The Labute approximate surface area is 167 Å². The molecule has 2 aromatic carbocycles. The number of aryl methyl sites for hydroxylation is 1. The van der Waals surface area contributed by atoms with Crippen LogP contribution in [0.3, 0.4) is 0 Å². The van der Waals surface area contributed by atoms with Gasteiger partial charge in [-0.25, -0.2) is 0 Å². The van der Waals surface area contributed by atoms with Crippen LogP contribution in [0.1, 0.15) is 55.2 Å². The number of aliphatic hydroxyl groups is 2. The van der Waals surface area contributed by atoms with Gasteiger partial charge < -0.3 is 14.9 Å². The average Bonchev–Trinajstić information content (AvgIpc) is 2.96. The summed E-state index contributed by atoms with van der Waals surface area (Å²) < 4.78 is 6.04. The average molecular weight is 379 g/mol. The number of fused-ring (bicyclic) bond motifs is 5. The summed E-state index contributed by atoms with van der Waals surface area (Å²) in [4.78, 5) is 0. The molecule has 5 rings (SSSR count). The predicted molar refractivity (Wildman–Crippen MR) is 109 cm³/mol. The van der Waals surface area contributed by atoms with E-state index in [1.807, 2.05) is 18.2 Å². The normalized spacial score (nSPS) is 36.3. The lowest BCUT2D eigenvalue weighted by atomic mass is 9.55. The molecule has 0 bridgehead atoms. The van der Waals surface area contributed by atoms with Crippen LogP contribution < -0.4 is 4.74 Å². The van der Waals surface area contributed by atoms with Crippen LogP contribution in [-0.4, -0.2) is 22.4 Å². The number of rotatable bonds is 3. The molecule has 2 N–H and O–H groups in total. The fraction of sp³-hybridized carbons (Fsp3) is 0.520. The molecular weight excluding hydrogens is 348 g/mol. The van der Waals surface area contributed by atoms with E-state index < -0.39 is 12.2 Å². The van der Waals surface area contributed by atoms with Crippen LogP contribution in [0.25, 0.3) is 0 Å². The van der Waals surface area contributed by atoms with Crippen molar-refractivity contribution in [2.75, 3.05) is 0 Å². The second kappa shape index (κ2) is 6.89. The summed E-state index contributed by atoms with van der Waals surface area (Å²) in [5, 5.41) is 20.9. The molecule has 2 saturated carbocycles. The lowest BCUT2D eigenvalue weighted by molar-refractivity contribution is -0.0505. The first-order chi connectivity index (χ1) is 13.6. The van der Waals surface area contributed by atoms with E-state index in [9.17, 15) is 10.2 Å². The van der Waals surface area contributed by atoms with Gasteiger partial charge in [0.15, 0.2) is 0 Å². The zero-order chi connectivity index (χ0) is 19.3. The van der Waals surface area contributed by atoms with E-state index in [2.05, 4.69) is 37.3 Å². The lowest BCUT2D eigenvalue weighted by Crippen LogP contribution is -2.44. The maximum atomic E-state index is 10.6. The van der Waals surface area contributed by atoms with Crippen LogP contribution in [-0.2, 0) is 13.0 Å². The third-order valence-electron chi connectivity index (χ3n) is 7.92. The van der Waals surface area contributed by atoms with Gasteiger partial charge in [-0.3, -0.25) is 0 Å². The smallest absolute Gasteiger partial charge is 0.120 e. The number of hydrogen-bond acceptors (Lipinski definition) is 3. The van der Waals surface area contributed by atoms with E-state index in [0.29, 0.717) is 24.4 Å². The fourth-order valence-electron chi connectivity index (χ4n) is 6.38. The van der Waals surface area contributed by atoms with Crippen molar-refractivity contribution in [1.82, 2.24) is 0 Å². The highest BCUT2D eigenvalue weighted by molar-refractivity contribution is 5.41. The van der Waals surface area contributed by atoms with Crippen molar-refractivity contribution in [3.8, 4) is 5.75 Å². The Kier molecular flexibility index (Phi) is 4.48. The van der Waals surface area contributed by atoms with E-state index in [0.717, 1.165) is 37.9 Å². The van der Waals surface area contributed by atoms with Crippen LogP contribution in [0.4, 0.5) is 0 Å². The minimum Gasteiger partial charge on any atom is -0.489 e. The molecule has 0 unspecified atom stereocenters. The van der Waals surface area contributed by atoms with E-state index in [-0.39, 0.29) is 5.41 Å². The van der Waals surface area contributed by atoms with Gasteiger partial charge in [-0.15, -0.1) is 0 Å². The molecule has 3 heteroatoms. The highest BCUT2D eigenvalue weighted by atomic mass is 16.5. The summed E-state index contributed by atoms with van der Waals surface area (Å²) >= 11 is 0. The van der Waals surface area contributed by atoms with E-state index in [1.54, 1.807) is 0 Å². The second-order valence-electron chi connectivity index (χ2n) is 9.34. The molecule has 0 aromatic heterocycles. The Morgan fingerprint density at radius 2 is 1.89 bits per heavy atom. The Morgan fingerprint density at radius 3 is 2.71 bits per heavy atom. The Bertz CT molecular complexity index is 848. The summed E-state index contributed by atoms with van der Waals surface area (Å²) in [6.45, 7) is 2.80. The van der Waals surface area contributed by atoms with Crippen LogP contribution in [0.5, 0.6) is 5.75 Å². The maximum Gasteiger partial charge on any atom is 0.120 e. The molecule has 28 heavy (non-hydrogen) atoms. The molecule has 6 atom stereocenters. The monoisotopic (exact) mass is 378 g/mol. The Morgan fingerprint density at radius 1 is 1.07 bits per heavy atom. The summed E-state index contributed by atoms with van der Waals surface area (Å²) in [7, 11) is 0. The third kappa shape index (κ3) is 2.87. The van der Waals surface area contributed by atoms with Gasteiger partial charge in [-0.05, 0) is 84.1 Å². The van der Waals surface area contributed by atoms with Gasteiger partial charge in [0.05, 0.1) is 12.2 Å². The van der Waals surface area contributed by atoms with E-state index >= 15 is 0 Å². The van der Waals surface area contributed by atoms with Gasteiger partial charge in [-0.1, -0.05) is 43.3 Å². The van der Waals surface area contributed by atoms with Crippen molar-refractivity contribution in [1.29, 1.82) is 0 Å². The molecule has 148 valence electrons. The van der Waals surface area contributed by atoms with Gasteiger partial charge in [0.25, 0.3) is 0 Å². The molecule has 0 heterocycles. The molecule has 0 amide bonds. The molecule has 3 aliphatic carbocycles. The minimum atomic E-state index is -0.561. The van der Waals surface area contributed by atoms with Gasteiger partial charge in [0.2, 0.25) is 0 Å². The van der Waals surface area contributed by atoms with Gasteiger partial charge in [0, 0.05) is 0 Å². The number of hydrogen-bond donors (Lipinski definition) is 2. The largest absolute Gasteiger partial charge is 0.489 e. The molecule has 3 aliphatic rings. The van der Waals surface area contributed by atoms with Crippen molar-refractivity contribution in [3.05, 3.63) is 65.2 Å². The van der Waals surface area contributed by atoms with Gasteiger partial charge in [-0.2, -0.15) is 0 Å². The summed E-state index contributed by atoms with van der Waals surface area (Å²) in [5.74, 6) is 2.52. The number of aliphatic hydroxyl groups excluding tert-OH is 2. The first-order valence-corrected chi connectivity index (χ1v) is 10.7. The highest BCUT2D eigenvalue weighted by Crippen LogP contribution is 2.60. The van der Waals surface area contributed by atoms with Crippen LogP contribution >= 0.6 is 0 Å². The molecule has 0 spiro atoms. The van der Waals surface area contributed by atoms with Crippen LogP contribution in [0.15, 0.2) is 48.5 Å². The topological polar surface area (TPSA) is 49.7 Å². The van der Waals surface area contributed by atoms with Crippen molar-refractivity contribution in [2.45, 2.75) is 63.8 Å². The van der Waals surface area contributed by atoms with E-state index in [4.69, 9.17) is 4.74 Å². The van der Waals surface area contributed by atoms with Crippen molar-refractivity contribution >= 4 is 0 Å². The molecule has 0 aliphatic heterocycles. The standard InChI is InChI=1S/C25H30O3/c1-25-12-11-20-19-10-8-18(28-15-16-5-3-2-4-6-16)13-17(19)7-9-21(20)22(25)14-23(26)24(25)27/h2-6,8,10,13,20-24,26-27H,7,9,11-12,14-15H2,1H3/t20-,21-,22+,23-,24-,25+/m0/s1. The number of benzene rings is 2. The molecule has 0 saturated heterocycles. The lowest BCUT2D eigenvalue weighted by Gasteiger charge is -2.49. The fourth-order valence-corrected chi connectivity index (χ4v) is 6.38. The van der Waals surface area contributed by atoms with Crippen LogP contribution in [0.2, 0.25) is 0 Å². The molecule has 3 nitrogen and oxygen atoms in total. The zero-order valence-corrected chi connectivity index (χ0v) is 16.6. The summed E-state index contributed by atoms with van der Waals surface area (Å²) in [5.41, 5.74) is 3.97. The SMILES string of the molecule is C[C@@]12CC[C@H]3c4ccc(OCc5ccccc5)cc4CC[C@@H]3[C@H]1C[C@H](O)[C@@H]2O. The van der Waals surface area contributed by atoms with Gasteiger partial charge >= 0.3 is 0 Å². The van der Waals surface area contributed by atoms with Crippen molar-refractivity contribution in [2.24, 2.45) is 17.3 Å². The zero-order valence-electron chi connectivity index (χ0n) is 16.6. The Hall–Kier alpha value is -1.84. The minimum absolute atomic E-state index is 0.114. The number of ether oxygens (including phenoxy) is 1. The third-order valence-corrected chi connectivity index (χ3v) is 7.92. The van der Waals surface area contributed by atoms with Crippen molar-refractivity contribution < 1.29 is 14.9 Å². The highest BCUT2D eigenvalue weighted by Gasteiger charge is 2.57. The molecular formula is C25H30O3. The summed E-state index contributed by atoms with van der Waals surface area (Å²) in [6, 6.07) is 16.9. The summed E-state index contributed by atoms with van der Waals surface area (Å²) in [6.07, 6.45) is 3.98. The van der Waals surface area contributed by atoms with Gasteiger partial charge in [0.1, 0.15) is 12.4 Å². The molecule has 2 aromatic rings. The maximum absolute atomic E-state index is 10.6. The van der Waals surface area contributed by atoms with Crippen molar-refractivity contribution in [3.63, 3.8) is 0 Å². The quantitative estimate of drug-likeness (QED) is 0.829. The predicted octanol–water partition coefficient (Wildman–Crippen LogP) is 4.45.